The highest BCUT2D eigenvalue weighted by atomic mass is 16.3. The van der Waals surface area contributed by atoms with Crippen LogP contribution < -0.4 is 0 Å². The molecule has 3 aromatic rings. The molecule has 3 heterocycles. The van der Waals surface area contributed by atoms with Crippen molar-refractivity contribution in [3.05, 3.63) is 29.7 Å². The fourth-order valence-corrected chi connectivity index (χ4v) is 1.77. The molecule has 76 valence electrons. The van der Waals surface area contributed by atoms with Gasteiger partial charge in [-0.3, -0.25) is 0 Å². The van der Waals surface area contributed by atoms with E-state index >= 15 is 0 Å². The van der Waals surface area contributed by atoms with Crippen molar-refractivity contribution in [2.24, 2.45) is 0 Å². The molecule has 3 rings (SSSR count). The van der Waals surface area contributed by atoms with Crippen molar-refractivity contribution in [3.63, 3.8) is 0 Å². The normalized spacial score (nSPS) is 11.6. The van der Waals surface area contributed by atoms with Crippen LogP contribution in [0.4, 0.5) is 0 Å². The summed E-state index contributed by atoms with van der Waals surface area (Å²) < 4.78 is 11.1. The van der Waals surface area contributed by atoms with E-state index in [4.69, 9.17) is 8.83 Å². The summed E-state index contributed by atoms with van der Waals surface area (Å²) in [5.41, 5.74) is 3.38. The number of hydrogen-bond donors (Lipinski definition) is 0. The van der Waals surface area contributed by atoms with E-state index in [2.05, 4.69) is 11.9 Å². The molecule has 0 saturated carbocycles. The lowest BCUT2D eigenvalue weighted by atomic mass is 10.3. The molecule has 3 nitrogen and oxygen atoms in total. The number of pyridine rings is 1. The summed E-state index contributed by atoms with van der Waals surface area (Å²) in [5.74, 6) is 1.84. The second-order valence-corrected chi connectivity index (χ2v) is 3.68. The zero-order chi connectivity index (χ0) is 10.4. The third-order valence-corrected chi connectivity index (χ3v) is 2.51. The topological polar surface area (TPSA) is 39.2 Å². The van der Waals surface area contributed by atoms with Gasteiger partial charge in [0.05, 0.1) is 0 Å². The number of aromatic nitrogens is 1. The summed E-state index contributed by atoms with van der Waals surface area (Å²) in [6.45, 7) is 3.98. The van der Waals surface area contributed by atoms with Gasteiger partial charge in [-0.15, -0.1) is 0 Å². The fraction of sp³-hybridized carbons (Fsp3) is 0.250. The quantitative estimate of drug-likeness (QED) is 0.605. The van der Waals surface area contributed by atoms with Crippen molar-refractivity contribution in [3.8, 4) is 0 Å². The Morgan fingerprint density at radius 2 is 1.80 bits per heavy atom. The highest BCUT2D eigenvalue weighted by Crippen LogP contribution is 2.24. The Morgan fingerprint density at radius 1 is 1.07 bits per heavy atom. The minimum Gasteiger partial charge on any atom is -0.460 e. The second-order valence-electron chi connectivity index (χ2n) is 3.68. The zero-order valence-corrected chi connectivity index (χ0v) is 8.70. The fourth-order valence-electron chi connectivity index (χ4n) is 1.77. The first-order valence-corrected chi connectivity index (χ1v) is 5.06. The van der Waals surface area contributed by atoms with Crippen molar-refractivity contribution in [2.45, 2.75) is 20.3 Å². The third kappa shape index (κ3) is 1.23. The van der Waals surface area contributed by atoms with Crippen LogP contribution in [0.2, 0.25) is 0 Å². The lowest BCUT2D eigenvalue weighted by Crippen LogP contribution is -1.72. The molecular formula is C12H11NO2. The average molecular weight is 201 g/mol. The van der Waals surface area contributed by atoms with Gasteiger partial charge >= 0.3 is 0 Å². The van der Waals surface area contributed by atoms with Crippen LogP contribution in [0.3, 0.4) is 0 Å². The summed E-state index contributed by atoms with van der Waals surface area (Å²) in [6, 6.07) is 5.83. The molecule has 0 amide bonds. The van der Waals surface area contributed by atoms with E-state index in [1.807, 2.05) is 25.1 Å². The SMILES string of the molecule is CCc1cc2nc3cc(C)oc3cc2o1. The zero-order valence-electron chi connectivity index (χ0n) is 8.70. The minimum absolute atomic E-state index is 0.789. The lowest BCUT2D eigenvalue weighted by Gasteiger charge is -1.87. The van der Waals surface area contributed by atoms with Gasteiger partial charge in [-0.25, -0.2) is 4.98 Å². The number of nitrogens with zero attached hydrogens (tertiary/aromatic N) is 1. The Morgan fingerprint density at radius 3 is 2.60 bits per heavy atom. The average Bonchev–Trinajstić information content (AvgIpc) is 2.74. The maximum absolute atomic E-state index is 5.61. The Balaban J connectivity index is 2.37. The molecular weight excluding hydrogens is 190 g/mol. The van der Waals surface area contributed by atoms with Gasteiger partial charge in [0.1, 0.15) is 22.6 Å². The van der Waals surface area contributed by atoms with E-state index in [-0.39, 0.29) is 0 Å². The molecule has 0 aromatic carbocycles. The number of aryl methyl sites for hydroxylation is 2. The smallest absolute Gasteiger partial charge is 0.156 e. The molecule has 0 N–H and O–H groups in total. The van der Waals surface area contributed by atoms with Crippen LogP contribution in [-0.4, -0.2) is 4.98 Å². The lowest BCUT2D eigenvalue weighted by molar-refractivity contribution is 0.553. The molecule has 0 atom stereocenters. The molecule has 0 radical (unpaired) electrons. The number of hydrogen-bond acceptors (Lipinski definition) is 3. The largest absolute Gasteiger partial charge is 0.460 e. The summed E-state index contributed by atoms with van der Waals surface area (Å²) in [4.78, 5) is 4.48. The summed E-state index contributed by atoms with van der Waals surface area (Å²) in [6.07, 6.45) is 0.886. The number of furan rings is 2. The molecule has 3 heteroatoms. The maximum Gasteiger partial charge on any atom is 0.156 e. The Bertz CT molecular complexity index is 582. The van der Waals surface area contributed by atoms with Gasteiger partial charge in [-0.2, -0.15) is 0 Å². The molecule has 0 bridgehead atoms. The van der Waals surface area contributed by atoms with E-state index in [1.165, 1.54) is 0 Å². The molecule has 0 aliphatic carbocycles. The van der Waals surface area contributed by atoms with Crippen molar-refractivity contribution in [2.75, 3.05) is 0 Å². The first-order valence-electron chi connectivity index (χ1n) is 5.06. The Labute approximate surface area is 86.7 Å². The van der Waals surface area contributed by atoms with Gasteiger partial charge in [0.15, 0.2) is 11.2 Å². The van der Waals surface area contributed by atoms with E-state index in [1.54, 1.807) is 0 Å². The minimum atomic E-state index is 0.789. The van der Waals surface area contributed by atoms with Crippen LogP contribution in [0.1, 0.15) is 18.4 Å². The van der Waals surface area contributed by atoms with Gasteiger partial charge in [0.2, 0.25) is 0 Å². The van der Waals surface area contributed by atoms with Crippen LogP contribution in [0.15, 0.2) is 27.0 Å². The third-order valence-electron chi connectivity index (χ3n) is 2.51. The van der Waals surface area contributed by atoms with E-state index in [0.717, 1.165) is 40.1 Å². The molecule has 0 fully saturated rings. The molecule has 0 aliphatic heterocycles. The predicted octanol–water partition coefficient (Wildman–Crippen LogP) is 3.44. The van der Waals surface area contributed by atoms with Crippen molar-refractivity contribution in [1.82, 2.24) is 4.98 Å². The maximum atomic E-state index is 5.61. The molecule has 0 aliphatic rings. The Kier molecular flexibility index (Phi) is 1.63. The summed E-state index contributed by atoms with van der Waals surface area (Å²) in [7, 11) is 0. The second kappa shape index (κ2) is 2.86. The van der Waals surface area contributed by atoms with Crippen LogP contribution in [-0.2, 0) is 6.42 Å². The highest BCUT2D eigenvalue weighted by molar-refractivity contribution is 5.87. The van der Waals surface area contributed by atoms with Crippen molar-refractivity contribution < 1.29 is 8.83 Å². The van der Waals surface area contributed by atoms with Crippen LogP contribution in [0.25, 0.3) is 22.2 Å². The molecule has 15 heavy (non-hydrogen) atoms. The monoisotopic (exact) mass is 201 g/mol. The van der Waals surface area contributed by atoms with Crippen LogP contribution >= 0.6 is 0 Å². The Hall–Kier alpha value is -1.77. The van der Waals surface area contributed by atoms with Crippen LogP contribution in [0.5, 0.6) is 0 Å². The van der Waals surface area contributed by atoms with Crippen molar-refractivity contribution >= 4 is 22.2 Å². The predicted molar refractivity (Wildman–Crippen MR) is 57.9 cm³/mol. The van der Waals surface area contributed by atoms with Crippen LogP contribution in [0, 0.1) is 6.92 Å². The van der Waals surface area contributed by atoms with Gasteiger partial charge in [-0.05, 0) is 6.92 Å². The van der Waals surface area contributed by atoms with E-state index in [9.17, 15) is 0 Å². The molecule has 0 spiro atoms. The molecule has 3 aromatic heterocycles. The van der Waals surface area contributed by atoms with Crippen molar-refractivity contribution in [1.29, 1.82) is 0 Å². The highest BCUT2D eigenvalue weighted by Gasteiger charge is 2.08. The number of rotatable bonds is 1. The van der Waals surface area contributed by atoms with Gasteiger partial charge in [0, 0.05) is 24.6 Å². The first-order chi connectivity index (χ1) is 7.26. The first kappa shape index (κ1) is 8.53. The standard InChI is InChI=1S/C12H11NO2/c1-3-8-5-10-12(15-8)6-11-9(13-10)4-7(2)14-11/h4-6H,3H2,1-2H3. The van der Waals surface area contributed by atoms with Gasteiger partial charge in [0.25, 0.3) is 0 Å². The van der Waals surface area contributed by atoms with E-state index < -0.39 is 0 Å². The molecule has 0 unspecified atom stereocenters. The summed E-state index contributed by atoms with van der Waals surface area (Å²) in [5, 5.41) is 0. The molecule has 0 saturated heterocycles. The summed E-state index contributed by atoms with van der Waals surface area (Å²) >= 11 is 0. The van der Waals surface area contributed by atoms with E-state index in [0.29, 0.717) is 0 Å². The van der Waals surface area contributed by atoms with Gasteiger partial charge < -0.3 is 8.83 Å². The van der Waals surface area contributed by atoms with Gasteiger partial charge in [-0.1, -0.05) is 6.92 Å². The number of fused-ring (bicyclic) bond motifs is 2.